The van der Waals surface area contributed by atoms with Gasteiger partial charge in [-0.2, -0.15) is 0 Å². The second-order valence-electron chi connectivity index (χ2n) is 4.70. The van der Waals surface area contributed by atoms with E-state index in [0.29, 0.717) is 18.8 Å². The van der Waals surface area contributed by atoms with Gasteiger partial charge in [0, 0.05) is 18.2 Å². The minimum atomic E-state index is 0.101. The first-order valence-electron chi connectivity index (χ1n) is 6.71. The normalized spacial score (nSPS) is 20.0. The van der Waals surface area contributed by atoms with Gasteiger partial charge in [-0.1, -0.05) is 12.1 Å². The number of ether oxygens (including phenoxy) is 2. The topological polar surface area (TPSA) is 80.3 Å². The molecule has 1 atom stereocenters. The van der Waals surface area contributed by atoms with Crippen LogP contribution in [0.25, 0.3) is 0 Å². The van der Waals surface area contributed by atoms with Crippen LogP contribution >= 0.6 is 0 Å². The van der Waals surface area contributed by atoms with E-state index in [-0.39, 0.29) is 11.9 Å². The van der Waals surface area contributed by atoms with Gasteiger partial charge in [-0.05, 0) is 18.6 Å². The number of hydrogen-bond acceptors (Lipinski definition) is 5. The Morgan fingerprint density at radius 2 is 2.40 bits per heavy atom. The van der Waals surface area contributed by atoms with Crippen molar-refractivity contribution >= 4 is 11.5 Å². The van der Waals surface area contributed by atoms with Gasteiger partial charge in [0.1, 0.15) is 5.75 Å². The standard InChI is InChI=1S/C14H21N3O3/c1-3-10-9-20-7-6-17(10)13-8-11(19-2)4-5-12(13)14(15)16-18/h4-5,8,10,18H,3,6-7,9H2,1-2H3,(H2,15,16). The molecule has 6 heteroatoms. The highest BCUT2D eigenvalue weighted by Gasteiger charge is 2.25. The van der Waals surface area contributed by atoms with Crippen molar-refractivity contribution in [1.82, 2.24) is 0 Å². The Morgan fingerprint density at radius 3 is 3.05 bits per heavy atom. The quantitative estimate of drug-likeness (QED) is 0.377. The zero-order valence-electron chi connectivity index (χ0n) is 11.9. The Morgan fingerprint density at radius 1 is 1.60 bits per heavy atom. The fourth-order valence-electron chi connectivity index (χ4n) is 2.46. The molecule has 1 aromatic carbocycles. The second kappa shape index (κ2) is 6.47. The molecule has 1 aliphatic rings. The summed E-state index contributed by atoms with van der Waals surface area (Å²) in [6.45, 7) is 4.25. The summed E-state index contributed by atoms with van der Waals surface area (Å²) in [7, 11) is 1.62. The molecule has 0 radical (unpaired) electrons. The number of rotatable bonds is 4. The number of morpholine rings is 1. The van der Waals surface area contributed by atoms with Crippen molar-refractivity contribution in [3.05, 3.63) is 23.8 Å². The maximum absolute atomic E-state index is 8.95. The molecule has 0 saturated carbocycles. The lowest BCUT2D eigenvalue weighted by atomic mass is 10.1. The first kappa shape index (κ1) is 14.5. The van der Waals surface area contributed by atoms with Crippen LogP contribution in [0.3, 0.4) is 0 Å². The highest BCUT2D eigenvalue weighted by Crippen LogP contribution is 2.29. The molecule has 1 fully saturated rings. The Hall–Kier alpha value is -1.95. The Labute approximate surface area is 118 Å². The molecule has 6 nitrogen and oxygen atoms in total. The van der Waals surface area contributed by atoms with E-state index < -0.39 is 0 Å². The molecule has 0 spiro atoms. The molecule has 20 heavy (non-hydrogen) atoms. The molecule has 1 aliphatic heterocycles. The van der Waals surface area contributed by atoms with Crippen LogP contribution in [0, 0.1) is 0 Å². The van der Waals surface area contributed by atoms with Crippen LogP contribution in [-0.4, -0.2) is 44.0 Å². The van der Waals surface area contributed by atoms with Crippen molar-refractivity contribution in [3.63, 3.8) is 0 Å². The summed E-state index contributed by atoms with van der Waals surface area (Å²) in [5.74, 6) is 0.847. The number of anilines is 1. The number of nitrogens with two attached hydrogens (primary N) is 1. The zero-order chi connectivity index (χ0) is 14.5. The van der Waals surface area contributed by atoms with Crippen LogP contribution < -0.4 is 15.4 Å². The third-order valence-corrected chi connectivity index (χ3v) is 3.60. The van der Waals surface area contributed by atoms with Gasteiger partial charge in [0.05, 0.1) is 32.1 Å². The number of oxime groups is 1. The summed E-state index contributed by atoms with van der Waals surface area (Å²) in [5, 5.41) is 12.1. The number of hydrogen-bond donors (Lipinski definition) is 2. The van der Waals surface area contributed by atoms with Gasteiger partial charge >= 0.3 is 0 Å². The average Bonchev–Trinajstić information content (AvgIpc) is 2.53. The molecular weight excluding hydrogens is 258 g/mol. The molecule has 2 rings (SSSR count). The molecule has 3 N–H and O–H groups in total. The Bertz CT molecular complexity index is 491. The van der Waals surface area contributed by atoms with E-state index in [0.717, 1.165) is 24.4 Å². The maximum atomic E-state index is 8.95. The monoisotopic (exact) mass is 279 g/mol. The van der Waals surface area contributed by atoms with Crippen molar-refractivity contribution in [3.8, 4) is 5.75 Å². The van der Waals surface area contributed by atoms with Gasteiger partial charge in [0.2, 0.25) is 0 Å². The smallest absolute Gasteiger partial charge is 0.172 e. The predicted molar refractivity (Wildman–Crippen MR) is 77.7 cm³/mol. The maximum Gasteiger partial charge on any atom is 0.172 e. The van der Waals surface area contributed by atoms with Crippen molar-refractivity contribution in [2.45, 2.75) is 19.4 Å². The molecule has 1 saturated heterocycles. The van der Waals surface area contributed by atoms with Crippen LogP contribution in [0.1, 0.15) is 18.9 Å². The summed E-state index contributed by atoms with van der Waals surface area (Å²) >= 11 is 0. The van der Waals surface area contributed by atoms with Crippen molar-refractivity contribution in [2.75, 3.05) is 31.8 Å². The molecule has 0 amide bonds. The molecule has 1 unspecified atom stereocenters. The molecular formula is C14H21N3O3. The molecule has 0 aromatic heterocycles. The molecule has 110 valence electrons. The van der Waals surface area contributed by atoms with Gasteiger partial charge in [0.25, 0.3) is 0 Å². The predicted octanol–water partition coefficient (Wildman–Crippen LogP) is 1.40. The lowest BCUT2D eigenvalue weighted by Gasteiger charge is -2.38. The SMILES string of the molecule is CCC1COCCN1c1cc(OC)ccc1/C(N)=N/O. The molecule has 1 heterocycles. The third kappa shape index (κ3) is 2.80. The lowest BCUT2D eigenvalue weighted by molar-refractivity contribution is 0.0929. The Kier molecular flexibility index (Phi) is 4.68. The van der Waals surface area contributed by atoms with Crippen LogP contribution in [0.5, 0.6) is 5.75 Å². The Balaban J connectivity index is 2.45. The molecule has 0 bridgehead atoms. The number of nitrogens with zero attached hydrogens (tertiary/aromatic N) is 2. The summed E-state index contributed by atoms with van der Waals surface area (Å²) < 4.78 is 10.8. The van der Waals surface area contributed by atoms with Gasteiger partial charge < -0.3 is 25.3 Å². The van der Waals surface area contributed by atoms with E-state index in [1.54, 1.807) is 13.2 Å². The van der Waals surface area contributed by atoms with E-state index in [1.807, 2.05) is 12.1 Å². The van der Waals surface area contributed by atoms with E-state index >= 15 is 0 Å². The highest BCUT2D eigenvalue weighted by molar-refractivity contribution is 6.02. The third-order valence-electron chi connectivity index (χ3n) is 3.60. The van der Waals surface area contributed by atoms with Crippen LogP contribution in [0.15, 0.2) is 23.4 Å². The number of benzene rings is 1. The van der Waals surface area contributed by atoms with Gasteiger partial charge in [0.15, 0.2) is 5.84 Å². The first-order chi connectivity index (χ1) is 9.71. The summed E-state index contributed by atoms with van der Waals surface area (Å²) in [4.78, 5) is 2.24. The second-order valence-corrected chi connectivity index (χ2v) is 4.70. The highest BCUT2D eigenvalue weighted by atomic mass is 16.5. The van der Waals surface area contributed by atoms with Crippen molar-refractivity contribution in [1.29, 1.82) is 0 Å². The van der Waals surface area contributed by atoms with Gasteiger partial charge in [-0.15, -0.1) is 0 Å². The summed E-state index contributed by atoms with van der Waals surface area (Å²) in [6, 6.07) is 5.81. The lowest BCUT2D eigenvalue weighted by Crippen LogP contribution is -2.46. The average molecular weight is 279 g/mol. The summed E-state index contributed by atoms with van der Waals surface area (Å²) in [6.07, 6.45) is 0.965. The van der Waals surface area contributed by atoms with Crippen molar-refractivity contribution < 1.29 is 14.7 Å². The fourth-order valence-corrected chi connectivity index (χ4v) is 2.46. The van der Waals surface area contributed by atoms with E-state index in [4.69, 9.17) is 20.4 Å². The van der Waals surface area contributed by atoms with Crippen LogP contribution in [0.2, 0.25) is 0 Å². The van der Waals surface area contributed by atoms with E-state index in [1.165, 1.54) is 0 Å². The van der Waals surface area contributed by atoms with Gasteiger partial charge in [-0.25, -0.2) is 0 Å². The summed E-state index contributed by atoms with van der Waals surface area (Å²) in [5.41, 5.74) is 7.40. The number of amidine groups is 1. The van der Waals surface area contributed by atoms with Crippen molar-refractivity contribution in [2.24, 2.45) is 10.9 Å². The van der Waals surface area contributed by atoms with Crippen LogP contribution in [-0.2, 0) is 4.74 Å². The van der Waals surface area contributed by atoms with Gasteiger partial charge in [-0.3, -0.25) is 0 Å². The fraction of sp³-hybridized carbons (Fsp3) is 0.500. The largest absolute Gasteiger partial charge is 0.497 e. The zero-order valence-corrected chi connectivity index (χ0v) is 11.9. The minimum absolute atomic E-state index is 0.101. The van der Waals surface area contributed by atoms with E-state index in [2.05, 4.69) is 17.0 Å². The number of methoxy groups -OCH3 is 1. The molecule has 1 aromatic rings. The molecule has 0 aliphatic carbocycles. The van der Waals surface area contributed by atoms with Crippen LogP contribution in [0.4, 0.5) is 5.69 Å². The first-order valence-corrected chi connectivity index (χ1v) is 6.71. The minimum Gasteiger partial charge on any atom is -0.497 e. The van der Waals surface area contributed by atoms with E-state index in [9.17, 15) is 0 Å².